The van der Waals surface area contributed by atoms with Gasteiger partial charge in [-0.2, -0.15) is 0 Å². The molecule has 0 radical (unpaired) electrons. The van der Waals surface area contributed by atoms with Crippen molar-refractivity contribution >= 4 is 39.5 Å². The first-order chi connectivity index (χ1) is 14.4. The molecule has 0 spiro atoms. The highest BCUT2D eigenvalue weighted by atomic mass is 79.9. The second-order valence-electron chi connectivity index (χ2n) is 7.92. The van der Waals surface area contributed by atoms with Crippen LogP contribution in [0.4, 0.5) is 0 Å². The van der Waals surface area contributed by atoms with E-state index < -0.39 is 6.04 Å². The fraction of sp³-hybridized carbons (Fsp3) is 0.417. The summed E-state index contributed by atoms with van der Waals surface area (Å²) < 4.78 is 0.962. The maximum atomic E-state index is 13.2. The third-order valence-corrected chi connectivity index (χ3v) is 6.98. The van der Waals surface area contributed by atoms with Gasteiger partial charge in [-0.25, -0.2) is 0 Å². The van der Waals surface area contributed by atoms with Gasteiger partial charge < -0.3 is 10.2 Å². The maximum absolute atomic E-state index is 13.2. The summed E-state index contributed by atoms with van der Waals surface area (Å²) in [7, 11) is 0. The number of aryl methyl sites for hydroxylation is 1. The molecule has 1 aliphatic carbocycles. The zero-order valence-corrected chi connectivity index (χ0v) is 20.0. The van der Waals surface area contributed by atoms with Crippen LogP contribution in [0.1, 0.15) is 43.7 Å². The molecule has 0 aliphatic heterocycles. The summed E-state index contributed by atoms with van der Waals surface area (Å²) in [5.74, 6) is 0.207. The van der Waals surface area contributed by atoms with Gasteiger partial charge in [-0.3, -0.25) is 9.59 Å². The van der Waals surface area contributed by atoms with E-state index in [4.69, 9.17) is 0 Å². The quantitative estimate of drug-likeness (QED) is 0.511. The maximum Gasteiger partial charge on any atom is 0.242 e. The van der Waals surface area contributed by atoms with Crippen LogP contribution in [0.25, 0.3) is 0 Å². The minimum atomic E-state index is -0.518. The first kappa shape index (κ1) is 22.9. The van der Waals surface area contributed by atoms with Gasteiger partial charge >= 0.3 is 0 Å². The molecule has 1 aliphatic rings. The molecule has 6 heteroatoms. The molecule has 2 amide bonds. The molecule has 1 saturated carbocycles. The molecule has 1 N–H and O–H groups in total. The summed E-state index contributed by atoms with van der Waals surface area (Å²) >= 11 is 5.00. The van der Waals surface area contributed by atoms with Crippen molar-refractivity contribution in [3.63, 3.8) is 0 Å². The minimum Gasteiger partial charge on any atom is -0.352 e. The summed E-state index contributed by atoms with van der Waals surface area (Å²) in [6.45, 7) is 4.28. The fourth-order valence-corrected chi connectivity index (χ4v) is 4.90. The average Bonchev–Trinajstić information content (AvgIpc) is 3.24. The van der Waals surface area contributed by atoms with Crippen LogP contribution in [0.2, 0.25) is 0 Å². The molecular formula is C24H29BrN2O2S. The fourth-order valence-electron chi connectivity index (χ4n) is 3.67. The predicted octanol–water partition coefficient (Wildman–Crippen LogP) is 5.33. The summed E-state index contributed by atoms with van der Waals surface area (Å²) in [5.41, 5.74) is 2.19. The molecule has 0 unspecified atom stereocenters. The molecule has 2 aromatic carbocycles. The smallest absolute Gasteiger partial charge is 0.242 e. The Bertz CT molecular complexity index is 866. The lowest BCUT2D eigenvalue weighted by Crippen LogP contribution is -2.50. The van der Waals surface area contributed by atoms with E-state index in [1.807, 2.05) is 62.4 Å². The molecule has 0 saturated heterocycles. The highest BCUT2D eigenvalue weighted by Gasteiger charge is 2.28. The zero-order valence-electron chi connectivity index (χ0n) is 17.6. The van der Waals surface area contributed by atoms with Crippen LogP contribution in [0, 0.1) is 6.92 Å². The molecule has 30 heavy (non-hydrogen) atoms. The van der Waals surface area contributed by atoms with Crippen molar-refractivity contribution in [2.45, 2.75) is 63.1 Å². The van der Waals surface area contributed by atoms with Gasteiger partial charge in [0.2, 0.25) is 11.8 Å². The second kappa shape index (κ2) is 11.0. The number of thioether (sulfide) groups is 1. The Morgan fingerprint density at radius 3 is 2.53 bits per heavy atom. The molecule has 3 rings (SSSR count). The first-order valence-corrected chi connectivity index (χ1v) is 12.2. The lowest BCUT2D eigenvalue weighted by Gasteiger charge is -2.29. The van der Waals surface area contributed by atoms with Gasteiger partial charge in [0.25, 0.3) is 0 Å². The van der Waals surface area contributed by atoms with Crippen molar-refractivity contribution in [3.8, 4) is 0 Å². The molecule has 0 heterocycles. The second-order valence-corrected chi connectivity index (χ2v) is 9.88. The van der Waals surface area contributed by atoms with Crippen LogP contribution in [0.5, 0.6) is 0 Å². The minimum absolute atomic E-state index is 0.0328. The SMILES string of the molecule is Cc1ccc(SCC(=O)N(Cc2cccc(Br)c2)[C@H](C)C(=O)NC2CCCC2)cc1. The monoisotopic (exact) mass is 488 g/mol. The number of hydrogen-bond donors (Lipinski definition) is 1. The van der Waals surface area contributed by atoms with Crippen molar-refractivity contribution in [1.29, 1.82) is 0 Å². The van der Waals surface area contributed by atoms with Crippen LogP contribution in [0.3, 0.4) is 0 Å². The zero-order chi connectivity index (χ0) is 21.5. The van der Waals surface area contributed by atoms with Crippen LogP contribution in [-0.2, 0) is 16.1 Å². The Morgan fingerprint density at radius 2 is 1.87 bits per heavy atom. The number of carbonyl (C=O) groups is 2. The lowest BCUT2D eigenvalue weighted by molar-refractivity contribution is -0.138. The van der Waals surface area contributed by atoms with Gasteiger partial charge in [0.1, 0.15) is 6.04 Å². The van der Waals surface area contributed by atoms with E-state index in [0.29, 0.717) is 12.3 Å². The van der Waals surface area contributed by atoms with Crippen molar-refractivity contribution in [2.24, 2.45) is 0 Å². The van der Waals surface area contributed by atoms with E-state index in [1.54, 1.807) is 4.90 Å². The number of rotatable bonds is 8. The topological polar surface area (TPSA) is 49.4 Å². The Hall–Kier alpha value is -1.79. The molecule has 4 nitrogen and oxygen atoms in total. The molecule has 1 fully saturated rings. The van der Waals surface area contributed by atoms with E-state index in [1.165, 1.54) is 17.3 Å². The largest absolute Gasteiger partial charge is 0.352 e. The highest BCUT2D eigenvalue weighted by molar-refractivity contribution is 9.10. The number of hydrogen-bond acceptors (Lipinski definition) is 3. The number of carbonyl (C=O) groups excluding carboxylic acids is 2. The lowest BCUT2D eigenvalue weighted by atomic mass is 10.1. The van der Waals surface area contributed by atoms with Crippen molar-refractivity contribution in [1.82, 2.24) is 10.2 Å². The number of amides is 2. The standard InChI is InChI=1S/C24H29BrN2O2S/c1-17-10-12-22(13-11-17)30-16-23(28)27(15-19-6-5-7-20(25)14-19)18(2)24(29)26-21-8-3-4-9-21/h5-7,10-14,18,21H,3-4,8-9,15-16H2,1-2H3,(H,26,29)/t18-/m1/s1. The van der Waals surface area contributed by atoms with E-state index in [9.17, 15) is 9.59 Å². The normalized spacial score (nSPS) is 15.0. The number of nitrogens with one attached hydrogen (secondary N) is 1. The number of benzene rings is 2. The van der Waals surface area contributed by atoms with Crippen LogP contribution in [-0.4, -0.2) is 34.6 Å². The predicted molar refractivity (Wildman–Crippen MR) is 126 cm³/mol. The Labute approximate surface area is 191 Å². The molecule has 1 atom stereocenters. The molecule has 0 bridgehead atoms. The third-order valence-electron chi connectivity index (χ3n) is 5.49. The van der Waals surface area contributed by atoms with Gasteiger partial charge in [-0.05, 0) is 56.5 Å². The summed E-state index contributed by atoms with van der Waals surface area (Å²) in [6, 6.07) is 15.8. The van der Waals surface area contributed by atoms with Crippen molar-refractivity contribution in [3.05, 3.63) is 64.1 Å². The van der Waals surface area contributed by atoms with E-state index in [-0.39, 0.29) is 17.9 Å². The van der Waals surface area contributed by atoms with Gasteiger partial charge in [0.05, 0.1) is 5.75 Å². The highest BCUT2D eigenvalue weighted by Crippen LogP contribution is 2.22. The average molecular weight is 489 g/mol. The molecule has 160 valence electrons. The van der Waals surface area contributed by atoms with Crippen LogP contribution in [0.15, 0.2) is 57.9 Å². The van der Waals surface area contributed by atoms with E-state index in [0.717, 1.165) is 40.6 Å². The van der Waals surface area contributed by atoms with Crippen molar-refractivity contribution < 1.29 is 9.59 Å². The van der Waals surface area contributed by atoms with Gasteiger partial charge in [-0.15, -0.1) is 11.8 Å². The first-order valence-electron chi connectivity index (χ1n) is 10.5. The Kier molecular flexibility index (Phi) is 8.40. The molecular weight excluding hydrogens is 460 g/mol. The summed E-state index contributed by atoms with van der Waals surface area (Å²) in [4.78, 5) is 28.8. The number of halogens is 1. The third kappa shape index (κ3) is 6.61. The summed E-state index contributed by atoms with van der Waals surface area (Å²) in [6.07, 6.45) is 4.38. The van der Waals surface area contributed by atoms with Crippen LogP contribution < -0.4 is 5.32 Å². The van der Waals surface area contributed by atoms with Gasteiger partial charge in [-0.1, -0.05) is 58.6 Å². The Morgan fingerprint density at radius 1 is 1.17 bits per heavy atom. The van der Waals surface area contributed by atoms with E-state index >= 15 is 0 Å². The molecule has 2 aromatic rings. The Balaban J connectivity index is 1.70. The van der Waals surface area contributed by atoms with Crippen LogP contribution >= 0.6 is 27.7 Å². The van der Waals surface area contributed by atoms with Gasteiger partial charge in [0.15, 0.2) is 0 Å². The van der Waals surface area contributed by atoms with Crippen molar-refractivity contribution in [2.75, 3.05) is 5.75 Å². The van der Waals surface area contributed by atoms with Gasteiger partial charge in [0, 0.05) is 22.0 Å². The molecule has 0 aromatic heterocycles. The van der Waals surface area contributed by atoms with E-state index in [2.05, 4.69) is 21.2 Å². The number of nitrogens with zero attached hydrogens (tertiary/aromatic N) is 1. The summed E-state index contributed by atoms with van der Waals surface area (Å²) in [5, 5.41) is 3.14.